The molecule has 3 aromatic carbocycles. The summed E-state index contributed by atoms with van der Waals surface area (Å²) in [6.07, 6.45) is 43.3. The molecular weight excluding hydrogens is 687 g/mol. The molecule has 2 heterocycles. The molecule has 0 saturated carbocycles. The second kappa shape index (κ2) is 13.7. The minimum atomic E-state index is 0.122. The predicted octanol–water partition coefficient (Wildman–Crippen LogP) is 11.4. The van der Waals surface area contributed by atoms with Gasteiger partial charge in [0.15, 0.2) is 0 Å². The number of thiophene rings is 1. The van der Waals surface area contributed by atoms with Crippen LogP contribution < -0.4 is 9.75 Å². The van der Waals surface area contributed by atoms with Crippen LogP contribution in [0.25, 0.3) is 39.1 Å². The average Bonchev–Trinajstić information content (AvgIpc) is 3.83. The third-order valence-electron chi connectivity index (χ3n) is 12.8. The van der Waals surface area contributed by atoms with Crippen molar-refractivity contribution in [3.8, 4) is 11.1 Å². The van der Waals surface area contributed by atoms with Gasteiger partial charge < -0.3 is 9.64 Å². The highest BCUT2D eigenvalue weighted by Gasteiger charge is 2.37. The quantitative estimate of drug-likeness (QED) is 0.196. The fourth-order valence-corrected chi connectivity index (χ4v) is 11.5. The normalized spacial score (nSPS) is 25.8. The lowest BCUT2D eigenvalue weighted by Gasteiger charge is -2.41. The highest BCUT2D eigenvalue weighted by Crippen LogP contribution is 2.44. The van der Waals surface area contributed by atoms with Crippen molar-refractivity contribution in [2.45, 2.75) is 63.0 Å². The zero-order valence-corrected chi connectivity index (χ0v) is 31.9. The monoisotopic (exact) mass is 731 g/mol. The molecule has 0 N–H and O–H groups in total. The number of fused-ring (bicyclic) bond motifs is 6. The number of ether oxygens (including phenoxy) is 1. The van der Waals surface area contributed by atoms with Crippen LogP contribution in [-0.4, -0.2) is 17.0 Å². The lowest BCUT2D eigenvalue weighted by molar-refractivity contribution is 0.172. The summed E-state index contributed by atoms with van der Waals surface area (Å²) >= 11 is 1.99. The van der Waals surface area contributed by atoms with Crippen molar-refractivity contribution in [1.82, 2.24) is 4.90 Å². The lowest BCUT2D eigenvalue weighted by atomic mass is 9.80. The summed E-state index contributed by atoms with van der Waals surface area (Å²) in [5.41, 5.74) is 12.5. The van der Waals surface area contributed by atoms with Gasteiger partial charge in [-0.15, -0.1) is 11.3 Å². The smallest absolute Gasteiger partial charge is 0.128 e. The summed E-state index contributed by atoms with van der Waals surface area (Å²) in [4.78, 5) is 2.74. The van der Waals surface area contributed by atoms with Crippen LogP contribution in [0.3, 0.4) is 0 Å². The predicted molar refractivity (Wildman–Crippen MR) is 230 cm³/mol. The lowest BCUT2D eigenvalue weighted by Crippen LogP contribution is -2.41. The van der Waals surface area contributed by atoms with E-state index in [0.29, 0.717) is 11.8 Å². The van der Waals surface area contributed by atoms with Gasteiger partial charge in [0.25, 0.3) is 0 Å². The van der Waals surface area contributed by atoms with E-state index in [2.05, 4.69) is 163 Å². The minimum Gasteiger partial charge on any atom is -0.485 e. The SMILES string of the molecule is C1=CC(c2ccc3c(c2)CCC=C3)C(N(C2=CCC(C3=CC4OC5=C(CCC=C5)C4C=C3)C=C2)C2=c3sc4c(-c5ccccc5)cccc4c3=CCC2)C=C1. The van der Waals surface area contributed by atoms with Crippen LogP contribution >= 0.6 is 11.3 Å². The first kappa shape index (κ1) is 33.0. The maximum atomic E-state index is 6.49. The molecule has 55 heavy (non-hydrogen) atoms. The second-order valence-electron chi connectivity index (χ2n) is 15.9. The van der Waals surface area contributed by atoms with Crippen LogP contribution in [0.5, 0.6) is 0 Å². The van der Waals surface area contributed by atoms with Crippen molar-refractivity contribution < 1.29 is 4.74 Å². The van der Waals surface area contributed by atoms with E-state index < -0.39 is 0 Å². The molecule has 0 amide bonds. The van der Waals surface area contributed by atoms with Crippen molar-refractivity contribution in [3.63, 3.8) is 0 Å². The Hall–Kier alpha value is -5.38. The van der Waals surface area contributed by atoms with Crippen LogP contribution in [0.4, 0.5) is 0 Å². The third-order valence-corrected chi connectivity index (χ3v) is 14.1. The van der Waals surface area contributed by atoms with Gasteiger partial charge >= 0.3 is 0 Å². The van der Waals surface area contributed by atoms with Gasteiger partial charge in [-0.2, -0.15) is 0 Å². The standard InChI is InChI=1S/C52H45NOS/c1-2-13-36(14-3-1)42-18-10-19-45-46-20-11-22-48(52(46)55-51(42)45)53(47-21-8-6-16-41(47)39-25-24-34-12-4-5-15-37(34)32-39)40-29-26-35(27-30-40)38-28-31-44-43-17-7-9-23-49(43)54-50(44)33-38/h1-4,6,8-10,12-14,16,18-21,23-26,28-33,35,41,44,47,50H,5,7,11,15,17,22,27H2. The highest BCUT2D eigenvalue weighted by molar-refractivity contribution is 7.17. The molecule has 2 nitrogen and oxygen atoms in total. The Morgan fingerprint density at radius 2 is 1.64 bits per heavy atom. The molecule has 7 aliphatic rings. The van der Waals surface area contributed by atoms with E-state index in [1.54, 1.807) is 0 Å². The number of benzene rings is 3. The van der Waals surface area contributed by atoms with Crippen LogP contribution in [0.1, 0.15) is 61.1 Å². The van der Waals surface area contributed by atoms with Crippen LogP contribution in [0.2, 0.25) is 0 Å². The first-order chi connectivity index (χ1) is 27.3. The molecular formula is C52H45NOS. The zero-order valence-electron chi connectivity index (χ0n) is 31.1. The Morgan fingerprint density at radius 1 is 0.727 bits per heavy atom. The van der Waals surface area contributed by atoms with E-state index in [9.17, 15) is 0 Å². The van der Waals surface area contributed by atoms with E-state index >= 15 is 0 Å². The number of hydrogen-bond acceptors (Lipinski definition) is 3. The molecule has 0 fully saturated rings. The first-order valence-corrected chi connectivity index (χ1v) is 21.2. The summed E-state index contributed by atoms with van der Waals surface area (Å²) in [6, 6.07) is 25.2. The Morgan fingerprint density at radius 3 is 2.56 bits per heavy atom. The Balaban J connectivity index is 1.01. The molecule has 3 heteroatoms. The molecule has 11 rings (SSSR count). The fraction of sp³-hybridized carbons (Fsp3) is 0.231. The second-order valence-corrected chi connectivity index (χ2v) is 17.0. The molecule has 5 unspecified atom stereocenters. The molecule has 6 aliphatic carbocycles. The van der Waals surface area contributed by atoms with Gasteiger partial charge in [0.1, 0.15) is 11.9 Å². The van der Waals surface area contributed by atoms with Crippen LogP contribution in [-0.2, 0) is 11.2 Å². The number of hydrogen-bond donors (Lipinski definition) is 0. The summed E-state index contributed by atoms with van der Waals surface area (Å²) < 4.78 is 9.29. The van der Waals surface area contributed by atoms with Crippen molar-refractivity contribution in [2.75, 3.05) is 0 Å². The maximum Gasteiger partial charge on any atom is 0.128 e. The Labute approximate surface area is 328 Å². The largest absolute Gasteiger partial charge is 0.485 e. The molecule has 1 aromatic heterocycles. The van der Waals surface area contributed by atoms with Crippen LogP contribution in [0, 0.1) is 11.8 Å². The summed E-state index contributed by atoms with van der Waals surface area (Å²) in [6.45, 7) is 0. The van der Waals surface area contributed by atoms with Gasteiger partial charge in [-0.3, -0.25) is 0 Å². The molecule has 4 aromatic rings. The fourth-order valence-electron chi connectivity index (χ4n) is 10.0. The van der Waals surface area contributed by atoms with Gasteiger partial charge in [-0.05, 0) is 107 Å². The highest BCUT2D eigenvalue weighted by atomic mass is 32.1. The van der Waals surface area contributed by atoms with E-state index in [1.165, 1.54) is 70.2 Å². The molecule has 1 aliphatic heterocycles. The molecule has 0 bridgehead atoms. The summed E-state index contributed by atoms with van der Waals surface area (Å²) in [7, 11) is 0. The summed E-state index contributed by atoms with van der Waals surface area (Å²) in [5.74, 6) is 2.07. The molecule has 0 radical (unpaired) electrons. The summed E-state index contributed by atoms with van der Waals surface area (Å²) in [5, 5.41) is 2.78. The van der Waals surface area contributed by atoms with Crippen molar-refractivity contribution >= 4 is 39.3 Å². The van der Waals surface area contributed by atoms with Gasteiger partial charge in [-0.1, -0.05) is 140 Å². The van der Waals surface area contributed by atoms with Crippen molar-refractivity contribution in [3.05, 3.63) is 195 Å². The Bertz CT molecular complexity index is 2640. The van der Waals surface area contributed by atoms with Gasteiger partial charge in [0, 0.05) is 39.2 Å². The topological polar surface area (TPSA) is 12.5 Å². The molecule has 0 saturated heterocycles. The van der Waals surface area contributed by atoms with Crippen molar-refractivity contribution in [1.29, 1.82) is 0 Å². The molecule has 0 spiro atoms. The Kier molecular flexibility index (Phi) is 8.24. The van der Waals surface area contributed by atoms with E-state index in [-0.39, 0.29) is 18.1 Å². The minimum absolute atomic E-state index is 0.122. The first-order valence-electron chi connectivity index (χ1n) is 20.4. The van der Waals surface area contributed by atoms with Gasteiger partial charge in [0.05, 0.1) is 10.6 Å². The van der Waals surface area contributed by atoms with E-state index in [4.69, 9.17) is 4.74 Å². The maximum absolute atomic E-state index is 6.49. The van der Waals surface area contributed by atoms with Crippen LogP contribution in [0.15, 0.2) is 168 Å². The number of allylic oxidation sites excluding steroid dienone is 10. The van der Waals surface area contributed by atoms with Gasteiger partial charge in [0.2, 0.25) is 0 Å². The number of aryl methyl sites for hydroxylation is 1. The van der Waals surface area contributed by atoms with E-state index in [0.717, 1.165) is 50.7 Å². The number of rotatable bonds is 6. The molecule has 270 valence electrons. The average molecular weight is 732 g/mol. The third kappa shape index (κ3) is 5.75. The number of nitrogens with zero attached hydrogens (tertiary/aromatic N) is 1. The zero-order chi connectivity index (χ0) is 36.3. The van der Waals surface area contributed by atoms with E-state index in [1.807, 2.05) is 11.3 Å². The molecule has 5 atom stereocenters. The van der Waals surface area contributed by atoms with Gasteiger partial charge in [-0.25, -0.2) is 0 Å². The van der Waals surface area contributed by atoms with Crippen molar-refractivity contribution in [2.24, 2.45) is 11.8 Å².